The molecule has 1 unspecified atom stereocenters. The summed E-state index contributed by atoms with van der Waals surface area (Å²) in [6.45, 7) is 8.49. The van der Waals surface area contributed by atoms with E-state index in [1.54, 1.807) is 6.07 Å². The van der Waals surface area contributed by atoms with Gasteiger partial charge in [0.1, 0.15) is 0 Å². The van der Waals surface area contributed by atoms with Gasteiger partial charge in [-0.2, -0.15) is 0 Å². The zero-order chi connectivity index (χ0) is 16.2. The summed E-state index contributed by atoms with van der Waals surface area (Å²) in [4.78, 5) is 0.348. The van der Waals surface area contributed by atoms with E-state index in [0.717, 1.165) is 22.0 Å². The standard InChI is InChI=1S/C15H25BrN2O2S/c1-6-14(10(2)3)18-21(19,20)15-8-12(9-17-5)7-13(16)11(15)4/h7-8,10,14,17-18H,6,9H2,1-5H3. The minimum atomic E-state index is -3.52. The van der Waals surface area contributed by atoms with E-state index in [4.69, 9.17) is 0 Å². The summed E-state index contributed by atoms with van der Waals surface area (Å²) in [6.07, 6.45) is 0.771. The molecule has 0 heterocycles. The molecule has 21 heavy (non-hydrogen) atoms. The van der Waals surface area contributed by atoms with Gasteiger partial charge in [-0.1, -0.05) is 36.7 Å². The van der Waals surface area contributed by atoms with Gasteiger partial charge in [0.15, 0.2) is 0 Å². The minimum absolute atomic E-state index is 0.0545. The molecule has 6 heteroatoms. The molecule has 0 saturated carbocycles. The average Bonchev–Trinajstić information content (AvgIpc) is 2.39. The van der Waals surface area contributed by atoms with E-state index in [9.17, 15) is 8.42 Å². The number of nitrogens with one attached hydrogen (secondary N) is 2. The van der Waals surface area contributed by atoms with E-state index >= 15 is 0 Å². The van der Waals surface area contributed by atoms with Crippen molar-refractivity contribution >= 4 is 26.0 Å². The fourth-order valence-electron chi connectivity index (χ4n) is 2.25. The normalized spacial score (nSPS) is 13.7. The quantitative estimate of drug-likeness (QED) is 0.767. The number of hydrogen-bond acceptors (Lipinski definition) is 3. The third kappa shape index (κ3) is 4.77. The van der Waals surface area contributed by atoms with Gasteiger partial charge >= 0.3 is 0 Å². The Hall–Kier alpha value is -0.430. The van der Waals surface area contributed by atoms with Crippen molar-refractivity contribution < 1.29 is 8.42 Å². The number of hydrogen-bond donors (Lipinski definition) is 2. The Morgan fingerprint density at radius 1 is 1.29 bits per heavy atom. The summed E-state index contributed by atoms with van der Waals surface area (Å²) in [5, 5.41) is 3.04. The Bertz CT molecular complexity index is 586. The monoisotopic (exact) mass is 376 g/mol. The van der Waals surface area contributed by atoms with Crippen LogP contribution in [0.4, 0.5) is 0 Å². The van der Waals surface area contributed by atoms with Crippen LogP contribution in [0, 0.1) is 12.8 Å². The van der Waals surface area contributed by atoms with Crippen molar-refractivity contribution in [1.29, 1.82) is 0 Å². The lowest BCUT2D eigenvalue weighted by Crippen LogP contribution is -2.38. The molecule has 0 aromatic heterocycles. The highest BCUT2D eigenvalue weighted by molar-refractivity contribution is 9.10. The molecule has 0 aliphatic heterocycles. The maximum Gasteiger partial charge on any atom is 0.241 e. The Morgan fingerprint density at radius 2 is 1.90 bits per heavy atom. The highest BCUT2D eigenvalue weighted by atomic mass is 79.9. The molecule has 1 aromatic carbocycles. The summed E-state index contributed by atoms with van der Waals surface area (Å²) >= 11 is 3.45. The molecule has 1 atom stereocenters. The largest absolute Gasteiger partial charge is 0.316 e. The predicted molar refractivity (Wildman–Crippen MR) is 90.9 cm³/mol. The van der Waals surface area contributed by atoms with Crippen LogP contribution in [0.15, 0.2) is 21.5 Å². The predicted octanol–water partition coefficient (Wildman–Crippen LogP) is 3.19. The van der Waals surface area contributed by atoms with Crippen LogP contribution in [0.5, 0.6) is 0 Å². The molecule has 0 amide bonds. The third-order valence-electron chi connectivity index (χ3n) is 3.58. The van der Waals surface area contributed by atoms with Gasteiger partial charge in [0.25, 0.3) is 0 Å². The summed E-state index contributed by atoms with van der Waals surface area (Å²) in [5.41, 5.74) is 1.67. The van der Waals surface area contributed by atoms with E-state index in [-0.39, 0.29) is 12.0 Å². The van der Waals surface area contributed by atoms with Gasteiger partial charge in [0, 0.05) is 17.1 Å². The summed E-state index contributed by atoms with van der Waals surface area (Å²) < 4.78 is 29.0. The van der Waals surface area contributed by atoms with Gasteiger partial charge in [0.05, 0.1) is 4.90 Å². The molecular weight excluding hydrogens is 352 g/mol. The van der Waals surface area contributed by atoms with Crippen molar-refractivity contribution in [2.45, 2.75) is 51.6 Å². The zero-order valence-electron chi connectivity index (χ0n) is 13.3. The summed E-state index contributed by atoms with van der Waals surface area (Å²) in [6, 6.07) is 3.64. The number of rotatable bonds is 7. The fraction of sp³-hybridized carbons (Fsp3) is 0.600. The van der Waals surface area contributed by atoms with Gasteiger partial charge in [0.2, 0.25) is 10.0 Å². The second-order valence-electron chi connectivity index (χ2n) is 5.61. The molecule has 0 fully saturated rings. The minimum Gasteiger partial charge on any atom is -0.316 e. The van der Waals surface area contributed by atoms with Crippen LogP contribution in [-0.2, 0) is 16.6 Å². The first-order chi connectivity index (χ1) is 9.72. The smallest absolute Gasteiger partial charge is 0.241 e. The zero-order valence-corrected chi connectivity index (χ0v) is 15.7. The van der Waals surface area contributed by atoms with Gasteiger partial charge in [-0.05, 0) is 49.6 Å². The first-order valence-electron chi connectivity index (χ1n) is 7.18. The van der Waals surface area contributed by atoms with Gasteiger partial charge in [-0.25, -0.2) is 13.1 Å². The maximum atomic E-state index is 12.7. The van der Waals surface area contributed by atoms with Crippen LogP contribution >= 0.6 is 15.9 Å². The molecule has 0 radical (unpaired) electrons. The van der Waals surface area contributed by atoms with E-state index < -0.39 is 10.0 Å². The van der Waals surface area contributed by atoms with Crippen molar-refractivity contribution in [1.82, 2.24) is 10.0 Å². The molecule has 2 N–H and O–H groups in total. The van der Waals surface area contributed by atoms with Crippen molar-refractivity contribution in [3.05, 3.63) is 27.7 Å². The van der Waals surface area contributed by atoms with Crippen LogP contribution in [0.3, 0.4) is 0 Å². The molecule has 1 aromatic rings. The molecule has 0 aliphatic carbocycles. The fourth-order valence-corrected chi connectivity index (χ4v) is 4.67. The van der Waals surface area contributed by atoms with Crippen LogP contribution in [0.25, 0.3) is 0 Å². The van der Waals surface area contributed by atoms with Crippen molar-refractivity contribution in [3.63, 3.8) is 0 Å². The van der Waals surface area contributed by atoms with Crippen molar-refractivity contribution in [2.75, 3.05) is 7.05 Å². The Kier molecular flexibility index (Phi) is 6.84. The van der Waals surface area contributed by atoms with E-state index in [1.807, 2.05) is 40.8 Å². The molecule has 0 saturated heterocycles. The summed E-state index contributed by atoms with van der Waals surface area (Å²) in [7, 11) is -1.68. The molecule has 120 valence electrons. The van der Waals surface area contributed by atoms with Gasteiger partial charge < -0.3 is 5.32 Å². The van der Waals surface area contributed by atoms with Crippen LogP contribution in [0.1, 0.15) is 38.3 Å². The Morgan fingerprint density at radius 3 is 2.38 bits per heavy atom. The van der Waals surface area contributed by atoms with Crippen molar-refractivity contribution in [2.24, 2.45) is 5.92 Å². The lowest BCUT2D eigenvalue weighted by atomic mass is 10.0. The molecule has 4 nitrogen and oxygen atoms in total. The molecule has 0 bridgehead atoms. The van der Waals surface area contributed by atoms with Crippen LogP contribution < -0.4 is 10.0 Å². The lowest BCUT2D eigenvalue weighted by molar-refractivity contribution is 0.437. The first-order valence-corrected chi connectivity index (χ1v) is 9.46. The highest BCUT2D eigenvalue weighted by Crippen LogP contribution is 2.26. The van der Waals surface area contributed by atoms with Crippen LogP contribution in [-0.4, -0.2) is 21.5 Å². The lowest BCUT2D eigenvalue weighted by Gasteiger charge is -2.22. The number of sulfonamides is 1. The molecule has 0 spiro atoms. The average molecular weight is 377 g/mol. The van der Waals surface area contributed by atoms with Gasteiger partial charge in [-0.3, -0.25) is 0 Å². The second-order valence-corrected chi connectivity index (χ2v) is 8.15. The summed E-state index contributed by atoms with van der Waals surface area (Å²) in [5.74, 6) is 0.258. The molecular formula is C15H25BrN2O2S. The van der Waals surface area contributed by atoms with Crippen LogP contribution in [0.2, 0.25) is 0 Å². The topological polar surface area (TPSA) is 58.2 Å². The molecule has 0 aliphatic rings. The number of benzene rings is 1. The SMILES string of the molecule is CCC(NS(=O)(=O)c1cc(CNC)cc(Br)c1C)C(C)C. The highest BCUT2D eigenvalue weighted by Gasteiger charge is 2.24. The van der Waals surface area contributed by atoms with Gasteiger partial charge in [-0.15, -0.1) is 0 Å². The first kappa shape index (κ1) is 18.6. The maximum absolute atomic E-state index is 12.7. The number of halogens is 1. The van der Waals surface area contributed by atoms with E-state index in [1.165, 1.54) is 0 Å². The Balaban J connectivity index is 3.24. The molecule has 1 rings (SSSR count). The second kappa shape index (κ2) is 7.72. The Labute approximate surface area is 136 Å². The van der Waals surface area contributed by atoms with E-state index in [0.29, 0.717) is 11.4 Å². The van der Waals surface area contributed by atoms with Crippen molar-refractivity contribution in [3.8, 4) is 0 Å². The third-order valence-corrected chi connectivity index (χ3v) is 6.02. The van der Waals surface area contributed by atoms with E-state index in [2.05, 4.69) is 26.0 Å².